The van der Waals surface area contributed by atoms with E-state index >= 15 is 0 Å². The number of carbonyl (C=O) groups excluding carboxylic acids is 6. The van der Waals surface area contributed by atoms with Gasteiger partial charge >= 0.3 is 0 Å². The van der Waals surface area contributed by atoms with Crippen molar-refractivity contribution in [1.82, 2.24) is 0 Å². The first-order valence-corrected chi connectivity index (χ1v) is 21.9. The van der Waals surface area contributed by atoms with Gasteiger partial charge in [-0.15, -0.1) is 23.2 Å². The Balaban J connectivity index is 1.34. The molecule has 2 unspecified atom stereocenters. The van der Waals surface area contributed by atoms with E-state index in [-0.39, 0.29) is 80.4 Å². The van der Waals surface area contributed by atoms with Crippen LogP contribution >= 0.6 is 46.4 Å². The summed E-state index contributed by atoms with van der Waals surface area (Å²) in [6, 6.07) is 21.8. The number of amides is 4. The Labute approximate surface area is 399 Å². The summed E-state index contributed by atoms with van der Waals surface area (Å²) in [6.07, 6.45) is 0. The molecule has 20 heteroatoms. The standard InChI is InChI=1S/C46H42Cl4N8O8/c1-5-65-38-21-33(53-45(63)40(25(3)59)57-55-31-13-15-36(49)34(19-31)43(61)51-29-11-7-9-27(17-29)23-47)22-39(66-6-2)42(38)54-46(64)41(26(4)60)58-56-32-14-16-37(50)35(20-32)44(62)52-30-12-8-10-28(18-30)24-48/h7-22,40-41H,5-6,23-24H2,1-4H3,(H,51,61)(H,52,62)(H,53,63)(H,54,64). The molecule has 0 aromatic heterocycles. The predicted octanol–water partition coefficient (Wildman–Crippen LogP) is 11.1. The number of hydrogen-bond donors (Lipinski definition) is 4. The lowest BCUT2D eigenvalue weighted by molar-refractivity contribution is -0.127. The minimum atomic E-state index is -1.67. The first-order valence-electron chi connectivity index (χ1n) is 20.0. The van der Waals surface area contributed by atoms with Crippen LogP contribution in [0, 0.1) is 0 Å². The quantitative estimate of drug-likeness (QED) is 0.0333. The Morgan fingerprint density at radius 3 is 1.36 bits per heavy atom. The van der Waals surface area contributed by atoms with Crippen LogP contribution in [0.5, 0.6) is 11.5 Å². The molecule has 0 saturated carbocycles. The number of nitrogens with zero attached hydrogens (tertiary/aromatic N) is 4. The number of ketones is 2. The number of rotatable bonds is 20. The number of alkyl halides is 2. The van der Waals surface area contributed by atoms with Crippen molar-refractivity contribution in [3.05, 3.63) is 129 Å². The van der Waals surface area contributed by atoms with E-state index in [4.69, 9.17) is 55.9 Å². The van der Waals surface area contributed by atoms with Crippen molar-refractivity contribution in [1.29, 1.82) is 0 Å². The van der Waals surface area contributed by atoms with Crippen LogP contribution in [-0.2, 0) is 30.9 Å². The summed E-state index contributed by atoms with van der Waals surface area (Å²) < 4.78 is 11.6. The van der Waals surface area contributed by atoms with Crippen LogP contribution in [-0.4, -0.2) is 60.5 Å². The van der Waals surface area contributed by atoms with Crippen LogP contribution in [0.3, 0.4) is 0 Å². The van der Waals surface area contributed by atoms with E-state index in [0.717, 1.165) is 25.0 Å². The Morgan fingerprint density at radius 1 is 0.545 bits per heavy atom. The van der Waals surface area contributed by atoms with E-state index < -0.39 is 47.3 Å². The third kappa shape index (κ3) is 13.7. The molecule has 4 amide bonds. The molecule has 0 aliphatic rings. The molecule has 4 N–H and O–H groups in total. The Kier molecular flexibility index (Phi) is 18.3. The van der Waals surface area contributed by atoms with Crippen molar-refractivity contribution in [2.75, 3.05) is 34.5 Å². The molecule has 0 spiro atoms. The van der Waals surface area contributed by atoms with Crippen molar-refractivity contribution in [2.45, 2.75) is 51.5 Å². The molecule has 0 radical (unpaired) electrons. The van der Waals surface area contributed by atoms with Gasteiger partial charge in [-0.3, -0.25) is 28.8 Å². The van der Waals surface area contributed by atoms with Crippen molar-refractivity contribution < 1.29 is 38.2 Å². The number of benzene rings is 5. The van der Waals surface area contributed by atoms with Crippen LogP contribution in [0.25, 0.3) is 0 Å². The molecule has 0 aliphatic carbocycles. The molecule has 5 aromatic carbocycles. The van der Waals surface area contributed by atoms with Crippen molar-refractivity contribution in [2.24, 2.45) is 20.5 Å². The second kappa shape index (κ2) is 24.0. The second-order valence-electron chi connectivity index (χ2n) is 14.1. The molecule has 0 aliphatic heterocycles. The average Bonchev–Trinajstić information content (AvgIpc) is 3.28. The maximum absolute atomic E-state index is 13.7. The highest BCUT2D eigenvalue weighted by molar-refractivity contribution is 6.35. The molecule has 5 aromatic rings. The van der Waals surface area contributed by atoms with Gasteiger partial charge in [0, 0.05) is 41.0 Å². The summed E-state index contributed by atoms with van der Waals surface area (Å²) >= 11 is 24.5. The highest BCUT2D eigenvalue weighted by Gasteiger charge is 2.28. The fourth-order valence-electron chi connectivity index (χ4n) is 5.97. The van der Waals surface area contributed by atoms with E-state index in [1.807, 2.05) is 12.1 Å². The highest BCUT2D eigenvalue weighted by Crippen LogP contribution is 2.39. The molecule has 342 valence electrons. The van der Waals surface area contributed by atoms with Gasteiger partial charge in [0.15, 0.2) is 11.6 Å². The Hall–Kier alpha value is -6.72. The first-order chi connectivity index (χ1) is 31.6. The summed E-state index contributed by atoms with van der Waals surface area (Å²) in [5.74, 6) is -3.64. The second-order valence-corrected chi connectivity index (χ2v) is 15.4. The van der Waals surface area contributed by atoms with Gasteiger partial charge in [0.1, 0.15) is 17.2 Å². The average molecular weight is 977 g/mol. The van der Waals surface area contributed by atoms with Crippen LogP contribution in [0.1, 0.15) is 59.5 Å². The van der Waals surface area contributed by atoms with Crippen molar-refractivity contribution in [3.63, 3.8) is 0 Å². The van der Waals surface area contributed by atoms with Gasteiger partial charge in [-0.2, -0.15) is 20.5 Å². The van der Waals surface area contributed by atoms with Gasteiger partial charge in [0.2, 0.25) is 12.1 Å². The molecule has 2 atom stereocenters. The summed E-state index contributed by atoms with van der Waals surface area (Å²) in [6.45, 7) is 5.86. The van der Waals surface area contributed by atoms with Crippen LogP contribution in [0.2, 0.25) is 10.0 Å². The van der Waals surface area contributed by atoms with E-state index in [1.54, 1.807) is 50.2 Å². The van der Waals surface area contributed by atoms with Gasteiger partial charge in [0.05, 0.1) is 45.8 Å². The van der Waals surface area contributed by atoms with Crippen LogP contribution in [0.4, 0.5) is 34.1 Å². The summed E-state index contributed by atoms with van der Waals surface area (Å²) in [5, 5.41) is 27.1. The smallest absolute Gasteiger partial charge is 0.259 e. The van der Waals surface area contributed by atoms with Gasteiger partial charge in [-0.25, -0.2) is 0 Å². The lowest BCUT2D eigenvalue weighted by Gasteiger charge is -2.19. The molecule has 66 heavy (non-hydrogen) atoms. The van der Waals surface area contributed by atoms with Crippen LogP contribution in [0.15, 0.2) is 118 Å². The monoisotopic (exact) mass is 974 g/mol. The molecule has 0 saturated heterocycles. The fraction of sp³-hybridized carbons (Fsp3) is 0.217. The molecular weight excluding hydrogens is 934 g/mol. The highest BCUT2D eigenvalue weighted by atomic mass is 35.5. The number of anilines is 4. The third-order valence-electron chi connectivity index (χ3n) is 9.09. The number of carbonyl (C=O) groups is 6. The number of azo groups is 2. The van der Waals surface area contributed by atoms with Gasteiger partial charge in [-0.05, 0) is 99.5 Å². The number of halogens is 4. The molecule has 5 rings (SSSR count). The maximum atomic E-state index is 13.7. The van der Waals surface area contributed by atoms with Crippen molar-refractivity contribution in [3.8, 4) is 11.5 Å². The molecule has 16 nitrogen and oxygen atoms in total. The summed E-state index contributed by atoms with van der Waals surface area (Å²) in [4.78, 5) is 79.1. The SMILES string of the molecule is CCOc1cc(NC(=O)C(N=Nc2ccc(Cl)c(C(=O)Nc3cccc(CCl)c3)c2)C(C)=O)cc(OCC)c1NC(=O)C(N=Nc1ccc(Cl)c(C(=O)Nc2cccc(CCl)c2)c1)C(C)=O. The first kappa shape index (κ1) is 50.3. The zero-order chi connectivity index (χ0) is 47.9. The van der Waals surface area contributed by atoms with Crippen LogP contribution < -0.4 is 30.7 Å². The van der Waals surface area contributed by atoms with Gasteiger partial charge in [-0.1, -0.05) is 47.5 Å². The van der Waals surface area contributed by atoms with E-state index in [0.29, 0.717) is 11.4 Å². The number of Topliss-reactive ketones (excluding diaryl/α,β-unsaturated/α-hetero) is 2. The Morgan fingerprint density at radius 2 is 0.970 bits per heavy atom. The zero-order valence-electron chi connectivity index (χ0n) is 35.8. The number of nitrogens with one attached hydrogen (secondary N) is 4. The summed E-state index contributed by atoms with van der Waals surface area (Å²) in [5.41, 5.74) is 3.04. The van der Waals surface area contributed by atoms with E-state index in [1.165, 1.54) is 48.5 Å². The Bertz CT molecular complexity index is 2690. The fourth-order valence-corrected chi connectivity index (χ4v) is 6.71. The molecule has 0 heterocycles. The normalized spacial score (nSPS) is 12.0. The maximum Gasteiger partial charge on any atom is 0.259 e. The molecular formula is C46H42Cl4N8O8. The minimum absolute atomic E-state index is 0.00368. The third-order valence-corrected chi connectivity index (χ3v) is 10.4. The van der Waals surface area contributed by atoms with Crippen molar-refractivity contribution >= 4 is 116 Å². The largest absolute Gasteiger partial charge is 0.491 e. The van der Waals surface area contributed by atoms with Gasteiger partial charge < -0.3 is 30.7 Å². The lowest BCUT2D eigenvalue weighted by atomic mass is 10.1. The van der Waals surface area contributed by atoms with E-state index in [2.05, 4.69) is 41.7 Å². The topological polar surface area (TPSA) is 218 Å². The summed E-state index contributed by atoms with van der Waals surface area (Å²) in [7, 11) is 0. The number of hydrogen-bond acceptors (Lipinski definition) is 12. The number of ether oxygens (including phenoxy) is 2. The minimum Gasteiger partial charge on any atom is -0.491 e. The lowest BCUT2D eigenvalue weighted by Crippen LogP contribution is -2.32. The zero-order valence-corrected chi connectivity index (χ0v) is 38.8. The van der Waals surface area contributed by atoms with E-state index in [9.17, 15) is 28.8 Å². The van der Waals surface area contributed by atoms with Gasteiger partial charge in [0.25, 0.3) is 23.6 Å². The molecule has 0 bridgehead atoms. The molecule has 0 fully saturated rings. The predicted molar refractivity (Wildman–Crippen MR) is 255 cm³/mol.